The van der Waals surface area contributed by atoms with Crippen molar-refractivity contribution in [3.63, 3.8) is 0 Å². The summed E-state index contributed by atoms with van der Waals surface area (Å²) in [5, 5.41) is 0. The normalized spacial score (nSPS) is 12.5. The van der Waals surface area contributed by atoms with Crippen LogP contribution in [0.3, 0.4) is 0 Å². The fourth-order valence-corrected chi connectivity index (χ4v) is 1.69. The summed E-state index contributed by atoms with van der Waals surface area (Å²) in [6, 6.07) is 0. The van der Waals surface area contributed by atoms with Crippen molar-refractivity contribution < 1.29 is 26.7 Å². The maximum Gasteiger partial charge on any atom is 0.306 e. The fourth-order valence-electron chi connectivity index (χ4n) is 0.680. The van der Waals surface area contributed by atoms with Crippen LogP contribution >= 0.6 is 0 Å². The van der Waals surface area contributed by atoms with Gasteiger partial charge in [0.2, 0.25) is 10.0 Å². The van der Waals surface area contributed by atoms with E-state index in [1.54, 1.807) is 4.72 Å². The number of sulfonamides is 1. The summed E-state index contributed by atoms with van der Waals surface area (Å²) in [5.74, 6) is -4.62. The summed E-state index contributed by atoms with van der Waals surface area (Å²) in [4.78, 5) is 10.6. The number of hydrogen-bond acceptors (Lipinski definition) is 5. The third-order valence-corrected chi connectivity index (χ3v) is 2.98. The molecule has 0 aromatic heterocycles. The molecule has 0 aliphatic heterocycles. The van der Waals surface area contributed by atoms with E-state index in [0.29, 0.717) is 0 Å². The molecule has 0 atom stereocenters. The zero-order valence-electron chi connectivity index (χ0n) is 8.70. The van der Waals surface area contributed by atoms with Crippen molar-refractivity contribution >= 4 is 16.0 Å². The number of rotatable bonds is 7. The second-order valence-electron chi connectivity index (χ2n) is 3.03. The van der Waals surface area contributed by atoms with E-state index in [1.807, 2.05) is 0 Å². The van der Waals surface area contributed by atoms with Gasteiger partial charge >= 0.3 is 5.97 Å². The number of carbonyl (C=O) groups is 1. The summed E-state index contributed by atoms with van der Waals surface area (Å²) >= 11 is 0. The number of hydrogen-bond donors (Lipinski definition) is 2. The number of carbonyl (C=O) groups excluding carboxylic acids is 1. The Labute approximate surface area is 92.2 Å². The van der Waals surface area contributed by atoms with Crippen LogP contribution in [-0.4, -0.2) is 46.3 Å². The molecule has 0 saturated carbocycles. The number of ether oxygens (including phenoxy) is 1. The molecule has 0 unspecified atom stereocenters. The minimum absolute atomic E-state index is 0.389. The lowest BCUT2D eigenvalue weighted by Gasteiger charge is -2.14. The predicted octanol–water partition coefficient (Wildman–Crippen LogP) is -0.937. The first kappa shape index (κ1) is 15.2. The Hall–Kier alpha value is -0.800. The molecule has 3 N–H and O–H groups in total. The van der Waals surface area contributed by atoms with Gasteiger partial charge in [0.15, 0.2) is 0 Å². The summed E-state index contributed by atoms with van der Waals surface area (Å²) in [6.07, 6.45) is -0.389. The Morgan fingerprint density at radius 3 is 2.50 bits per heavy atom. The Kier molecular flexibility index (Phi) is 5.76. The predicted molar refractivity (Wildman–Crippen MR) is 52.4 cm³/mol. The molecule has 0 bridgehead atoms. The molecule has 0 aliphatic rings. The number of methoxy groups -OCH3 is 1. The van der Waals surface area contributed by atoms with Crippen LogP contribution in [0.4, 0.5) is 8.78 Å². The molecule has 0 spiro atoms. The standard InChI is InChI=1S/C7H14F2N2O4S/c1-15-6(12)2-3-16(13,14)11-5-7(8,9)4-10/h11H,2-5,10H2,1H3. The number of nitrogens with one attached hydrogen (secondary N) is 1. The van der Waals surface area contributed by atoms with Crippen molar-refractivity contribution in [3.8, 4) is 0 Å². The van der Waals surface area contributed by atoms with Crippen molar-refractivity contribution in [2.75, 3.05) is 26.0 Å². The molecule has 0 radical (unpaired) electrons. The Morgan fingerprint density at radius 1 is 1.50 bits per heavy atom. The van der Waals surface area contributed by atoms with Crippen molar-refractivity contribution in [2.24, 2.45) is 5.73 Å². The highest BCUT2D eigenvalue weighted by Crippen LogP contribution is 2.09. The molecule has 0 heterocycles. The van der Waals surface area contributed by atoms with Gasteiger partial charge in [-0.1, -0.05) is 0 Å². The third-order valence-electron chi connectivity index (χ3n) is 1.65. The van der Waals surface area contributed by atoms with Crippen LogP contribution in [-0.2, 0) is 19.6 Å². The monoisotopic (exact) mass is 260 g/mol. The topological polar surface area (TPSA) is 98.5 Å². The van der Waals surface area contributed by atoms with Gasteiger partial charge in [-0.3, -0.25) is 4.79 Å². The van der Waals surface area contributed by atoms with Crippen molar-refractivity contribution in [2.45, 2.75) is 12.3 Å². The van der Waals surface area contributed by atoms with Gasteiger partial charge in [0.1, 0.15) is 0 Å². The van der Waals surface area contributed by atoms with E-state index in [0.717, 1.165) is 7.11 Å². The van der Waals surface area contributed by atoms with Gasteiger partial charge in [-0.2, -0.15) is 0 Å². The van der Waals surface area contributed by atoms with Crippen molar-refractivity contribution in [3.05, 3.63) is 0 Å². The lowest BCUT2D eigenvalue weighted by Crippen LogP contribution is -2.42. The van der Waals surface area contributed by atoms with Crippen LogP contribution in [0.25, 0.3) is 0 Å². The van der Waals surface area contributed by atoms with E-state index in [2.05, 4.69) is 4.74 Å². The molecule has 96 valence electrons. The molecule has 0 aliphatic carbocycles. The lowest BCUT2D eigenvalue weighted by atomic mass is 10.3. The maximum absolute atomic E-state index is 12.6. The molecule has 0 fully saturated rings. The highest BCUT2D eigenvalue weighted by atomic mass is 32.2. The molecule has 0 saturated heterocycles. The molecule has 0 aromatic rings. The van der Waals surface area contributed by atoms with Crippen LogP contribution in [0.1, 0.15) is 6.42 Å². The molecule has 6 nitrogen and oxygen atoms in total. The van der Waals surface area contributed by atoms with Crippen LogP contribution in [0.2, 0.25) is 0 Å². The first-order valence-electron chi connectivity index (χ1n) is 4.34. The van der Waals surface area contributed by atoms with Crippen molar-refractivity contribution in [1.29, 1.82) is 0 Å². The average molecular weight is 260 g/mol. The van der Waals surface area contributed by atoms with Gasteiger partial charge in [0, 0.05) is 0 Å². The minimum Gasteiger partial charge on any atom is -0.469 e. The second kappa shape index (κ2) is 6.06. The van der Waals surface area contributed by atoms with Gasteiger partial charge in [0.05, 0.1) is 32.4 Å². The van der Waals surface area contributed by atoms with Gasteiger partial charge in [-0.15, -0.1) is 0 Å². The number of esters is 1. The van der Waals surface area contributed by atoms with Gasteiger partial charge in [0.25, 0.3) is 5.92 Å². The van der Waals surface area contributed by atoms with E-state index in [9.17, 15) is 22.0 Å². The number of alkyl halides is 2. The largest absolute Gasteiger partial charge is 0.469 e. The number of halogens is 2. The number of nitrogens with two attached hydrogens (primary N) is 1. The minimum atomic E-state index is -3.92. The average Bonchev–Trinajstić information content (AvgIpc) is 2.24. The van der Waals surface area contributed by atoms with Crippen LogP contribution in [0.15, 0.2) is 0 Å². The summed E-state index contributed by atoms with van der Waals surface area (Å²) in [6.45, 7) is -2.03. The Morgan fingerprint density at radius 2 is 2.06 bits per heavy atom. The first-order valence-corrected chi connectivity index (χ1v) is 6.00. The molecular formula is C7H14F2N2O4S. The van der Waals surface area contributed by atoms with Crippen LogP contribution in [0, 0.1) is 0 Å². The van der Waals surface area contributed by atoms with Crippen molar-refractivity contribution in [1.82, 2.24) is 4.72 Å². The summed E-state index contributed by atoms with van der Waals surface area (Å²) in [5.41, 5.74) is 4.72. The SMILES string of the molecule is COC(=O)CCS(=O)(=O)NCC(F)(F)CN. The molecule has 16 heavy (non-hydrogen) atoms. The maximum atomic E-state index is 12.6. The van der Waals surface area contributed by atoms with E-state index >= 15 is 0 Å². The van der Waals surface area contributed by atoms with Gasteiger partial charge < -0.3 is 10.5 Å². The fraction of sp³-hybridized carbons (Fsp3) is 0.857. The summed E-state index contributed by atoms with van der Waals surface area (Å²) in [7, 11) is -2.81. The highest BCUT2D eigenvalue weighted by molar-refractivity contribution is 7.89. The molecule has 9 heteroatoms. The smallest absolute Gasteiger partial charge is 0.306 e. The highest BCUT2D eigenvalue weighted by Gasteiger charge is 2.28. The molecule has 0 amide bonds. The quantitative estimate of drug-likeness (QED) is 0.576. The van der Waals surface area contributed by atoms with Gasteiger partial charge in [-0.25, -0.2) is 21.9 Å². The Balaban J connectivity index is 4.12. The lowest BCUT2D eigenvalue weighted by molar-refractivity contribution is -0.140. The molecule has 0 aromatic carbocycles. The van der Waals surface area contributed by atoms with Gasteiger partial charge in [-0.05, 0) is 0 Å². The third kappa shape index (κ3) is 6.64. The molecular weight excluding hydrogens is 246 g/mol. The Bertz CT molecular complexity index is 331. The van der Waals surface area contributed by atoms with E-state index in [-0.39, 0.29) is 6.42 Å². The second-order valence-corrected chi connectivity index (χ2v) is 4.95. The van der Waals surface area contributed by atoms with Crippen LogP contribution < -0.4 is 10.5 Å². The van der Waals surface area contributed by atoms with E-state index in [1.165, 1.54) is 0 Å². The first-order chi connectivity index (χ1) is 7.22. The zero-order chi connectivity index (χ0) is 12.8. The van der Waals surface area contributed by atoms with E-state index in [4.69, 9.17) is 5.73 Å². The van der Waals surface area contributed by atoms with Crippen LogP contribution in [0.5, 0.6) is 0 Å². The molecule has 0 rings (SSSR count). The van der Waals surface area contributed by atoms with E-state index < -0.39 is 40.8 Å². The zero-order valence-corrected chi connectivity index (χ0v) is 9.52. The summed E-state index contributed by atoms with van der Waals surface area (Å²) < 4.78 is 53.3.